The summed E-state index contributed by atoms with van der Waals surface area (Å²) in [7, 11) is 0. The molecule has 122 valence electrons. The van der Waals surface area contributed by atoms with Crippen molar-refractivity contribution in [1.29, 1.82) is 0 Å². The number of guanidine groups is 1. The fourth-order valence-electron chi connectivity index (χ4n) is 3.48. The molecule has 2 N–H and O–H groups in total. The zero-order chi connectivity index (χ0) is 15.4. The second-order valence-electron chi connectivity index (χ2n) is 6.52. The molecule has 3 rings (SSSR count). The Hall–Kier alpha value is -1.59. The SMILES string of the molecule is CCNC(=NCC1CCc2nnc(C)n2C1)NC1CCCC1. The van der Waals surface area contributed by atoms with Gasteiger partial charge in [-0.15, -0.1) is 10.2 Å². The lowest BCUT2D eigenvalue weighted by atomic mass is 9.99. The number of hydrogen-bond donors (Lipinski definition) is 2. The number of aryl methyl sites for hydroxylation is 2. The highest BCUT2D eigenvalue weighted by Gasteiger charge is 2.22. The van der Waals surface area contributed by atoms with Crippen LogP contribution in [0, 0.1) is 12.8 Å². The lowest BCUT2D eigenvalue weighted by Crippen LogP contribution is -2.42. The largest absolute Gasteiger partial charge is 0.357 e. The van der Waals surface area contributed by atoms with Crippen LogP contribution < -0.4 is 10.6 Å². The minimum atomic E-state index is 0.584. The van der Waals surface area contributed by atoms with E-state index in [0.29, 0.717) is 12.0 Å². The first-order chi connectivity index (χ1) is 10.8. The van der Waals surface area contributed by atoms with E-state index in [9.17, 15) is 0 Å². The Morgan fingerprint density at radius 2 is 2.09 bits per heavy atom. The molecule has 6 heteroatoms. The fourth-order valence-corrected chi connectivity index (χ4v) is 3.48. The Kier molecular flexibility index (Phi) is 4.95. The van der Waals surface area contributed by atoms with Gasteiger partial charge in [-0.3, -0.25) is 4.99 Å². The molecule has 1 aliphatic heterocycles. The highest BCUT2D eigenvalue weighted by molar-refractivity contribution is 5.80. The van der Waals surface area contributed by atoms with Gasteiger partial charge in [-0.1, -0.05) is 12.8 Å². The van der Waals surface area contributed by atoms with Crippen LogP contribution in [-0.4, -0.2) is 39.9 Å². The van der Waals surface area contributed by atoms with E-state index in [1.807, 2.05) is 6.92 Å². The third kappa shape index (κ3) is 3.59. The average Bonchev–Trinajstić information content (AvgIpc) is 3.15. The summed E-state index contributed by atoms with van der Waals surface area (Å²) < 4.78 is 2.25. The van der Waals surface area contributed by atoms with Gasteiger partial charge < -0.3 is 15.2 Å². The number of aliphatic imine (C=N–C) groups is 1. The zero-order valence-electron chi connectivity index (χ0n) is 13.8. The molecule has 1 saturated carbocycles. The van der Waals surface area contributed by atoms with Crippen molar-refractivity contribution in [2.75, 3.05) is 13.1 Å². The zero-order valence-corrected chi connectivity index (χ0v) is 13.8. The molecule has 0 aromatic carbocycles. The van der Waals surface area contributed by atoms with Crippen molar-refractivity contribution in [3.63, 3.8) is 0 Å². The first-order valence-corrected chi connectivity index (χ1v) is 8.69. The smallest absolute Gasteiger partial charge is 0.191 e. The highest BCUT2D eigenvalue weighted by atomic mass is 15.3. The second-order valence-corrected chi connectivity index (χ2v) is 6.52. The van der Waals surface area contributed by atoms with Crippen LogP contribution in [0.25, 0.3) is 0 Å². The van der Waals surface area contributed by atoms with E-state index in [1.54, 1.807) is 0 Å². The van der Waals surface area contributed by atoms with Gasteiger partial charge in [-0.05, 0) is 39.0 Å². The molecule has 1 aromatic rings. The molecule has 2 heterocycles. The molecule has 1 unspecified atom stereocenters. The van der Waals surface area contributed by atoms with Crippen molar-refractivity contribution in [3.8, 4) is 0 Å². The van der Waals surface area contributed by atoms with Gasteiger partial charge in [-0.25, -0.2) is 0 Å². The summed E-state index contributed by atoms with van der Waals surface area (Å²) in [6.45, 7) is 6.95. The van der Waals surface area contributed by atoms with Gasteiger partial charge in [0, 0.05) is 32.1 Å². The average molecular weight is 304 g/mol. The van der Waals surface area contributed by atoms with Gasteiger partial charge in [0.1, 0.15) is 11.6 Å². The van der Waals surface area contributed by atoms with Gasteiger partial charge in [0.15, 0.2) is 5.96 Å². The maximum Gasteiger partial charge on any atom is 0.191 e. The molecule has 0 bridgehead atoms. The Morgan fingerprint density at radius 1 is 1.27 bits per heavy atom. The molecular weight excluding hydrogens is 276 g/mol. The normalized spacial score (nSPS) is 22.6. The summed E-state index contributed by atoms with van der Waals surface area (Å²) in [4.78, 5) is 4.83. The van der Waals surface area contributed by atoms with Gasteiger partial charge in [-0.2, -0.15) is 0 Å². The quantitative estimate of drug-likeness (QED) is 0.655. The molecular formula is C16H28N6. The molecule has 0 radical (unpaired) electrons. The Labute approximate surface area is 132 Å². The number of nitrogens with zero attached hydrogens (tertiary/aromatic N) is 4. The van der Waals surface area contributed by atoms with Gasteiger partial charge in [0.2, 0.25) is 0 Å². The number of fused-ring (bicyclic) bond motifs is 1. The van der Waals surface area contributed by atoms with E-state index < -0.39 is 0 Å². The molecule has 2 aliphatic rings. The van der Waals surface area contributed by atoms with Gasteiger partial charge >= 0.3 is 0 Å². The number of aromatic nitrogens is 3. The van der Waals surface area contributed by atoms with Crippen LogP contribution in [0.1, 0.15) is 50.7 Å². The second kappa shape index (κ2) is 7.11. The standard InChI is InChI=1S/C16H28N6/c1-3-17-16(19-14-6-4-5-7-14)18-10-13-8-9-15-21-20-12(2)22(15)11-13/h13-14H,3-11H2,1-2H3,(H2,17,18,19). The van der Waals surface area contributed by atoms with E-state index in [0.717, 1.165) is 50.1 Å². The number of hydrogen-bond acceptors (Lipinski definition) is 3. The minimum absolute atomic E-state index is 0.584. The van der Waals surface area contributed by atoms with Crippen LogP contribution in [0.15, 0.2) is 4.99 Å². The van der Waals surface area contributed by atoms with Crippen LogP contribution in [0.3, 0.4) is 0 Å². The first kappa shape index (κ1) is 15.3. The van der Waals surface area contributed by atoms with Crippen LogP contribution >= 0.6 is 0 Å². The maximum atomic E-state index is 4.83. The fraction of sp³-hybridized carbons (Fsp3) is 0.812. The van der Waals surface area contributed by atoms with Gasteiger partial charge in [0.05, 0.1) is 0 Å². The Balaban J connectivity index is 1.57. The molecule has 1 aromatic heterocycles. The van der Waals surface area contributed by atoms with Crippen molar-refractivity contribution in [2.24, 2.45) is 10.9 Å². The van der Waals surface area contributed by atoms with E-state index in [2.05, 4.69) is 32.3 Å². The number of rotatable bonds is 4. The molecule has 6 nitrogen and oxygen atoms in total. The molecule has 1 aliphatic carbocycles. The summed E-state index contributed by atoms with van der Waals surface area (Å²) in [6, 6.07) is 0.607. The molecule has 0 spiro atoms. The third-order valence-electron chi connectivity index (χ3n) is 4.78. The lowest BCUT2D eigenvalue weighted by Gasteiger charge is -2.23. The van der Waals surface area contributed by atoms with Crippen LogP contribution in [0.4, 0.5) is 0 Å². The van der Waals surface area contributed by atoms with E-state index in [-0.39, 0.29) is 0 Å². The summed E-state index contributed by atoms with van der Waals surface area (Å²) in [5, 5.41) is 15.4. The predicted molar refractivity (Wildman–Crippen MR) is 87.9 cm³/mol. The summed E-state index contributed by atoms with van der Waals surface area (Å²) in [5.41, 5.74) is 0. The maximum absolute atomic E-state index is 4.83. The Morgan fingerprint density at radius 3 is 2.86 bits per heavy atom. The van der Waals surface area contributed by atoms with E-state index in [4.69, 9.17) is 4.99 Å². The predicted octanol–water partition coefficient (Wildman–Crippen LogP) is 1.65. The Bertz CT molecular complexity index is 515. The van der Waals surface area contributed by atoms with E-state index in [1.165, 1.54) is 25.7 Å². The van der Waals surface area contributed by atoms with E-state index >= 15 is 0 Å². The van der Waals surface area contributed by atoms with Crippen molar-refractivity contribution >= 4 is 5.96 Å². The van der Waals surface area contributed by atoms with Crippen LogP contribution in [0.5, 0.6) is 0 Å². The minimum Gasteiger partial charge on any atom is -0.357 e. The third-order valence-corrected chi connectivity index (χ3v) is 4.78. The molecule has 0 saturated heterocycles. The van der Waals surface area contributed by atoms with Crippen molar-refractivity contribution in [1.82, 2.24) is 25.4 Å². The molecule has 1 fully saturated rings. The topological polar surface area (TPSA) is 67.1 Å². The summed E-state index contributed by atoms with van der Waals surface area (Å²) in [6.07, 6.45) is 7.41. The van der Waals surface area contributed by atoms with Gasteiger partial charge in [0.25, 0.3) is 0 Å². The monoisotopic (exact) mass is 304 g/mol. The first-order valence-electron chi connectivity index (χ1n) is 8.69. The van der Waals surface area contributed by atoms with Crippen molar-refractivity contribution < 1.29 is 0 Å². The van der Waals surface area contributed by atoms with Crippen molar-refractivity contribution in [2.45, 2.75) is 65.0 Å². The summed E-state index contributed by atoms with van der Waals surface area (Å²) in [5.74, 6) is 3.73. The molecule has 1 atom stereocenters. The van der Waals surface area contributed by atoms with Crippen molar-refractivity contribution in [3.05, 3.63) is 11.6 Å². The number of nitrogens with one attached hydrogen (secondary N) is 2. The molecule has 22 heavy (non-hydrogen) atoms. The summed E-state index contributed by atoms with van der Waals surface area (Å²) >= 11 is 0. The van der Waals surface area contributed by atoms with Crippen LogP contribution in [0.2, 0.25) is 0 Å². The molecule has 0 amide bonds. The highest BCUT2D eigenvalue weighted by Crippen LogP contribution is 2.20. The lowest BCUT2D eigenvalue weighted by molar-refractivity contribution is 0.369. The van der Waals surface area contributed by atoms with Crippen LogP contribution in [-0.2, 0) is 13.0 Å².